The lowest BCUT2D eigenvalue weighted by atomic mass is 9.89. The molecular weight excluding hydrogens is 194 g/mol. The van der Waals surface area contributed by atoms with Crippen LogP contribution < -0.4 is 5.32 Å². The molecule has 0 amide bonds. The van der Waals surface area contributed by atoms with E-state index in [4.69, 9.17) is 9.52 Å². The molecule has 0 aromatic carbocycles. The number of nitrogens with one attached hydrogen (secondary N) is 1. The minimum atomic E-state index is -0.733. The predicted octanol–water partition coefficient (Wildman–Crippen LogP) is 1.28. The first-order chi connectivity index (χ1) is 7.09. The van der Waals surface area contributed by atoms with Crippen LogP contribution in [0.15, 0.2) is 10.5 Å². The van der Waals surface area contributed by atoms with E-state index >= 15 is 0 Å². The second-order valence-corrected chi connectivity index (χ2v) is 4.08. The molecule has 2 rings (SSSR count). The van der Waals surface area contributed by atoms with Gasteiger partial charge < -0.3 is 14.8 Å². The van der Waals surface area contributed by atoms with Crippen molar-refractivity contribution in [1.82, 2.24) is 5.32 Å². The summed E-state index contributed by atoms with van der Waals surface area (Å²) in [5.74, 6) is 0.662. The molecule has 1 aromatic heterocycles. The van der Waals surface area contributed by atoms with Crippen molar-refractivity contribution < 1.29 is 14.3 Å². The first kappa shape index (κ1) is 10.2. The standard InChI is InChI=1S/C11H15NO3/c1-6-3-8(7(2)15-6)9-4-12-5-10(9)11(13)14/h3,9-10,12H,4-5H2,1-2H3,(H,13,14). The second kappa shape index (κ2) is 3.70. The van der Waals surface area contributed by atoms with E-state index < -0.39 is 5.97 Å². The van der Waals surface area contributed by atoms with Crippen LogP contribution >= 0.6 is 0 Å². The molecule has 1 aromatic rings. The normalized spacial score (nSPS) is 25.7. The van der Waals surface area contributed by atoms with Crippen molar-refractivity contribution in [2.75, 3.05) is 13.1 Å². The summed E-state index contributed by atoms with van der Waals surface area (Å²) in [4.78, 5) is 11.0. The van der Waals surface area contributed by atoms with Gasteiger partial charge in [-0.3, -0.25) is 4.79 Å². The van der Waals surface area contributed by atoms with E-state index in [-0.39, 0.29) is 11.8 Å². The molecular formula is C11H15NO3. The molecule has 2 N–H and O–H groups in total. The molecule has 2 atom stereocenters. The third-order valence-electron chi connectivity index (χ3n) is 3.01. The van der Waals surface area contributed by atoms with Crippen LogP contribution in [-0.2, 0) is 4.79 Å². The van der Waals surface area contributed by atoms with Gasteiger partial charge in [0.2, 0.25) is 0 Å². The van der Waals surface area contributed by atoms with Crippen LogP contribution in [0.5, 0.6) is 0 Å². The molecule has 4 heteroatoms. The summed E-state index contributed by atoms with van der Waals surface area (Å²) in [5, 5.41) is 12.2. The lowest BCUT2D eigenvalue weighted by Crippen LogP contribution is -2.21. The first-order valence-corrected chi connectivity index (χ1v) is 5.10. The zero-order valence-electron chi connectivity index (χ0n) is 8.91. The van der Waals surface area contributed by atoms with Crippen LogP contribution in [0.2, 0.25) is 0 Å². The summed E-state index contributed by atoms with van der Waals surface area (Å²) in [7, 11) is 0. The minimum Gasteiger partial charge on any atom is -0.481 e. The Morgan fingerprint density at radius 1 is 1.53 bits per heavy atom. The Kier molecular flexibility index (Phi) is 2.52. The van der Waals surface area contributed by atoms with Gasteiger partial charge in [0.05, 0.1) is 5.92 Å². The van der Waals surface area contributed by atoms with Crippen LogP contribution in [0.25, 0.3) is 0 Å². The number of hydrogen-bond donors (Lipinski definition) is 2. The van der Waals surface area contributed by atoms with Gasteiger partial charge in [0.1, 0.15) is 11.5 Å². The van der Waals surface area contributed by atoms with Gasteiger partial charge in [-0.05, 0) is 25.5 Å². The summed E-state index contributed by atoms with van der Waals surface area (Å²) in [6.07, 6.45) is 0. The Labute approximate surface area is 88.3 Å². The number of furan rings is 1. The van der Waals surface area contributed by atoms with Crippen molar-refractivity contribution in [1.29, 1.82) is 0 Å². The van der Waals surface area contributed by atoms with Crippen molar-refractivity contribution in [3.63, 3.8) is 0 Å². The Morgan fingerprint density at radius 3 is 2.80 bits per heavy atom. The van der Waals surface area contributed by atoms with Gasteiger partial charge in [-0.15, -0.1) is 0 Å². The van der Waals surface area contributed by atoms with Crippen LogP contribution in [0.1, 0.15) is 23.0 Å². The van der Waals surface area contributed by atoms with E-state index in [0.717, 1.165) is 23.6 Å². The van der Waals surface area contributed by atoms with E-state index in [0.29, 0.717) is 6.54 Å². The van der Waals surface area contributed by atoms with Gasteiger partial charge in [-0.25, -0.2) is 0 Å². The first-order valence-electron chi connectivity index (χ1n) is 5.10. The molecule has 1 aliphatic heterocycles. The zero-order chi connectivity index (χ0) is 11.0. The van der Waals surface area contributed by atoms with Crippen molar-refractivity contribution in [3.8, 4) is 0 Å². The summed E-state index contributed by atoms with van der Waals surface area (Å²) < 4.78 is 5.43. The summed E-state index contributed by atoms with van der Waals surface area (Å²) in [6, 6.07) is 1.95. The number of hydrogen-bond acceptors (Lipinski definition) is 3. The molecule has 0 aliphatic carbocycles. The Balaban J connectivity index is 2.30. The lowest BCUT2D eigenvalue weighted by Gasteiger charge is -2.13. The number of aliphatic carboxylic acids is 1. The van der Waals surface area contributed by atoms with Gasteiger partial charge >= 0.3 is 5.97 Å². The fourth-order valence-electron chi connectivity index (χ4n) is 2.28. The van der Waals surface area contributed by atoms with Crippen molar-refractivity contribution >= 4 is 5.97 Å². The maximum Gasteiger partial charge on any atom is 0.308 e. The summed E-state index contributed by atoms with van der Waals surface area (Å²) >= 11 is 0. The summed E-state index contributed by atoms with van der Waals surface area (Å²) in [6.45, 7) is 5.04. The molecule has 1 aliphatic rings. The van der Waals surface area contributed by atoms with Gasteiger partial charge in [-0.2, -0.15) is 0 Å². The number of carbonyl (C=O) groups is 1. The largest absolute Gasteiger partial charge is 0.481 e. The van der Waals surface area contributed by atoms with Crippen LogP contribution in [0, 0.1) is 19.8 Å². The molecule has 0 radical (unpaired) electrons. The quantitative estimate of drug-likeness (QED) is 0.770. The maximum atomic E-state index is 11.0. The number of carboxylic acid groups (broad SMARTS) is 1. The number of rotatable bonds is 2. The molecule has 1 fully saturated rings. The van der Waals surface area contributed by atoms with E-state index in [1.165, 1.54) is 0 Å². The molecule has 2 unspecified atom stereocenters. The Hall–Kier alpha value is -1.29. The molecule has 2 heterocycles. The Bertz CT molecular complexity index is 383. The highest BCUT2D eigenvalue weighted by Crippen LogP contribution is 2.32. The van der Waals surface area contributed by atoms with Crippen LogP contribution in [-0.4, -0.2) is 24.2 Å². The zero-order valence-corrected chi connectivity index (χ0v) is 8.91. The third-order valence-corrected chi connectivity index (χ3v) is 3.01. The van der Waals surface area contributed by atoms with E-state index in [9.17, 15) is 4.79 Å². The monoisotopic (exact) mass is 209 g/mol. The van der Waals surface area contributed by atoms with Gasteiger partial charge in [0.15, 0.2) is 0 Å². The smallest absolute Gasteiger partial charge is 0.308 e. The van der Waals surface area contributed by atoms with E-state index in [1.807, 2.05) is 19.9 Å². The fraction of sp³-hybridized carbons (Fsp3) is 0.545. The highest BCUT2D eigenvalue weighted by Gasteiger charge is 2.35. The minimum absolute atomic E-state index is 0.0416. The average molecular weight is 209 g/mol. The molecule has 1 saturated heterocycles. The predicted molar refractivity (Wildman–Crippen MR) is 54.9 cm³/mol. The molecule has 82 valence electrons. The van der Waals surface area contributed by atoms with Gasteiger partial charge in [-0.1, -0.05) is 0 Å². The summed E-state index contributed by atoms with van der Waals surface area (Å²) in [5.41, 5.74) is 1.03. The van der Waals surface area contributed by atoms with E-state index in [2.05, 4.69) is 5.32 Å². The topological polar surface area (TPSA) is 62.5 Å². The molecule has 4 nitrogen and oxygen atoms in total. The molecule has 0 spiro atoms. The third kappa shape index (κ3) is 1.77. The molecule has 0 bridgehead atoms. The highest BCUT2D eigenvalue weighted by atomic mass is 16.4. The highest BCUT2D eigenvalue weighted by molar-refractivity contribution is 5.72. The van der Waals surface area contributed by atoms with Crippen molar-refractivity contribution in [2.24, 2.45) is 5.92 Å². The van der Waals surface area contributed by atoms with Gasteiger partial charge in [0.25, 0.3) is 0 Å². The number of aryl methyl sites for hydroxylation is 2. The van der Waals surface area contributed by atoms with Crippen LogP contribution in [0.3, 0.4) is 0 Å². The second-order valence-electron chi connectivity index (χ2n) is 4.08. The maximum absolute atomic E-state index is 11.0. The van der Waals surface area contributed by atoms with Crippen LogP contribution in [0.4, 0.5) is 0 Å². The lowest BCUT2D eigenvalue weighted by molar-refractivity contribution is -0.141. The number of carboxylic acids is 1. The Morgan fingerprint density at radius 2 is 2.27 bits per heavy atom. The fourth-order valence-corrected chi connectivity index (χ4v) is 2.28. The molecule has 15 heavy (non-hydrogen) atoms. The van der Waals surface area contributed by atoms with Crippen molar-refractivity contribution in [3.05, 3.63) is 23.2 Å². The molecule has 0 saturated carbocycles. The van der Waals surface area contributed by atoms with Gasteiger partial charge in [0, 0.05) is 19.0 Å². The average Bonchev–Trinajstić information content (AvgIpc) is 2.71. The van der Waals surface area contributed by atoms with Crippen molar-refractivity contribution in [2.45, 2.75) is 19.8 Å². The SMILES string of the molecule is Cc1cc(C2CNCC2C(=O)O)c(C)o1. The van der Waals surface area contributed by atoms with E-state index in [1.54, 1.807) is 0 Å².